The van der Waals surface area contributed by atoms with Crippen LogP contribution in [0.2, 0.25) is 0 Å². The highest BCUT2D eigenvalue weighted by molar-refractivity contribution is 5.07. The lowest BCUT2D eigenvalue weighted by Crippen LogP contribution is -2.46. The molecular weight excluding hydrogens is 164 g/mol. The molecule has 76 valence electrons. The Balaban J connectivity index is 2.96. The molecule has 0 bridgehead atoms. The van der Waals surface area contributed by atoms with Crippen LogP contribution < -0.4 is 0 Å². The normalized spacial score (nSPS) is 39.4. The van der Waals surface area contributed by atoms with E-state index in [1.54, 1.807) is 0 Å². The monoisotopic (exact) mass is 184 g/mol. The molecule has 0 aromatic carbocycles. The van der Waals surface area contributed by atoms with Crippen molar-refractivity contribution in [3.05, 3.63) is 12.2 Å². The van der Waals surface area contributed by atoms with Crippen molar-refractivity contribution in [1.29, 1.82) is 0 Å². The standard InChI is InChI=1S/C11H20O2/c1-3-11(9-13)7-5-4-6-10(11,2)8-12/h4-5,12-13H,3,6-9H2,1-2H3. The maximum absolute atomic E-state index is 9.46. The Morgan fingerprint density at radius 2 is 1.77 bits per heavy atom. The molecule has 0 heterocycles. The van der Waals surface area contributed by atoms with E-state index in [9.17, 15) is 10.2 Å². The van der Waals surface area contributed by atoms with E-state index in [1.807, 2.05) is 0 Å². The van der Waals surface area contributed by atoms with Gasteiger partial charge in [-0.2, -0.15) is 0 Å². The molecule has 1 rings (SSSR count). The second-order valence-corrected chi connectivity index (χ2v) is 4.39. The van der Waals surface area contributed by atoms with Crippen molar-refractivity contribution >= 4 is 0 Å². The Hall–Kier alpha value is -0.340. The summed E-state index contributed by atoms with van der Waals surface area (Å²) in [6.45, 7) is 4.48. The summed E-state index contributed by atoms with van der Waals surface area (Å²) < 4.78 is 0. The molecule has 0 saturated heterocycles. The fourth-order valence-electron chi connectivity index (χ4n) is 2.29. The molecule has 2 heteroatoms. The molecule has 1 aliphatic carbocycles. The summed E-state index contributed by atoms with van der Waals surface area (Å²) >= 11 is 0. The van der Waals surface area contributed by atoms with Gasteiger partial charge in [0, 0.05) is 24.0 Å². The molecule has 2 nitrogen and oxygen atoms in total. The van der Waals surface area contributed by atoms with Gasteiger partial charge in [0.05, 0.1) is 0 Å². The predicted octanol–water partition coefficient (Wildman–Crippen LogP) is 1.72. The highest BCUT2D eigenvalue weighted by atomic mass is 16.3. The van der Waals surface area contributed by atoms with Gasteiger partial charge < -0.3 is 10.2 Å². The quantitative estimate of drug-likeness (QED) is 0.656. The molecule has 0 fully saturated rings. The Morgan fingerprint density at radius 1 is 1.15 bits per heavy atom. The molecular formula is C11H20O2. The number of rotatable bonds is 3. The molecule has 1 aliphatic rings. The summed E-state index contributed by atoms with van der Waals surface area (Å²) in [6.07, 6.45) is 6.91. The lowest BCUT2D eigenvalue weighted by Gasteiger charge is -2.48. The molecule has 0 aromatic heterocycles. The Morgan fingerprint density at radius 3 is 2.15 bits per heavy atom. The van der Waals surface area contributed by atoms with Crippen LogP contribution in [-0.4, -0.2) is 23.4 Å². The van der Waals surface area contributed by atoms with E-state index < -0.39 is 0 Å². The van der Waals surface area contributed by atoms with E-state index in [-0.39, 0.29) is 24.0 Å². The summed E-state index contributed by atoms with van der Waals surface area (Å²) in [4.78, 5) is 0. The topological polar surface area (TPSA) is 40.5 Å². The van der Waals surface area contributed by atoms with Gasteiger partial charge in [0.1, 0.15) is 0 Å². The van der Waals surface area contributed by atoms with Crippen molar-refractivity contribution in [3.63, 3.8) is 0 Å². The van der Waals surface area contributed by atoms with Crippen LogP contribution in [0.1, 0.15) is 33.1 Å². The van der Waals surface area contributed by atoms with Gasteiger partial charge in [0.2, 0.25) is 0 Å². The Kier molecular flexibility index (Phi) is 3.14. The molecule has 0 saturated carbocycles. The first-order chi connectivity index (χ1) is 6.14. The maximum Gasteiger partial charge on any atom is 0.0496 e. The van der Waals surface area contributed by atoms with E-state index in [2.05, 4.69) is 26.0 Å². The van der Waals surface area contributed by atoms with Gasteiger partial charge in [0.15, 0.2) is 0 Å². The molecule has 0 aromatic rings. The summed E-state index contributed by atoms with van der Waals surface area (Å²) in [7, 11) is 0. The first-order valence-corrected chi connectivity index (χ1v) is 5.01. The van der Waals surface area contributed by atoms with Crippen molar-refractivity contribution in [2.75, 3.05) is 13.2 Å². The molecule has 2 N–H and O–H groups in total. The van der Waals surface area contributed by atoms with Gasteiger partial charge >= 0.3 is 0 Å². The Bertz CT molecular complexity index is 194. The van der Waals surface area contributed by atoms with Crippen molar-refractivity contribution in [3.8, 4) is 0 Å². The van der Waals surface area contributed by atoms with Crippen molar-refractivity contribution in [2.45, 2.75) is 33.1 Å². The van der Waals surface area contributed by atoms with E-state index >= 15 is 0 Å². The molecule has 0 spiro atoms. The number of hydrogen-bond donors (Lipinski definition) is 2. The van der Waals surface area contributed by atoms with Crippen LogP contribution in [0.25, 0.3) is 0 Å². The molecule has 2 atom stereocenters. The highest BCUT2D eigenvalue weighted by Crippen LogP contribution is 2.49. The summed E-state index contributed by atoms with van der Waals surface area (Å²) in [5.74, 6) is 0. The average Bonchev–Trinajstić information content (AvgIpc) is 2.19. The van der Waals surface area contributed by atoms with E-state index in [1.165, 1.54) is 0 Å². The van der Waals surface area contributed by atoms with Crippen LogP contribution >= 0.6 is 0 Å². The van der Waals surface area contributed by atoms with Gasteiger partial charge in [0.25, 0.3) is 0 Å². The fraction of sp³-hybridized carbons (Fsp3) is 0.818. The maximum atomic E-state index is 9.46. The van der Waals surface area contributed by atoms with Crippen LogP contribution in [0.15, 0.2) is 12.2 Å². The zero-order valence-corrected chi connectivity index (χ0v) is 8.58. The van der Waals surface area contributed by atoms with Gasteiger partial charge in [-0.05, 0) is 19.3 Å². The third-order valence-corrected chi connectivity index (χ3v) is 3.85. The van der Waals surface area contributed by atoms with E-state index in [0.717, 1.165) is 19.3 Å². The molecule has 0 aliphatic heterocycles. The molecule has 13 heavy (non-hydrogen) atoms. The highest BCUT2D eigenvalue weighted by Gasteiger charge is 2.46. The number of hydrogen-bond acceptors (Lipinski definition) is 2. The van der Waals surface area contributed by atoms with Crippen LogP contribution in [0.3, 0.4) is 0 Å². The minimum Gasteiger partial charge on any atom is -0.396 e. The second kappa shape index (κ2) is 3.81. The zero-order valence-electron chi connectivity index (χ0n) is 8.58. The van der Waals surface area contributed by atoms with Crippen molar-refractivity contribution in [1.82, 2.24) is 0 Å². The van der Waals surface area contributed by atoms with Gasteiger partial charge in [-0.3, -0.25) is 0 Å². The van der Waals surface area contributed by atoms with Gasteiger partial charge in [-0.25, -0.2) is 0 Å². The Labute approximate surface area is 80.3 Å². The lowest BCUT2D eigenvalue weighted by atomic mass is 9.58. The lowest BCUT2D eigenvalue weighted by molar-refractivity contribution is -0.0495. The molecule has 2 unspecified atom stereocenters. The van der Waals surface area contributed by atoms with Gasteiger partial charge in [-0.1, -0.05) is 26.0 Å². The third-order valence-electron chi connectivity index (χ3n) is 3.85. The molecule has 0 amide bonds. The summed E-state index contributed by atoms with van der Waals surface area (Å²) in [6, 6.07) is 0. The van der Waals surface area contributed by atoms with E-state index in [0.29, 0.717) is 0 Å². The first kappa shape index (κ1) is 10.7. The van der Waals surface area contributed by atoms with Crippen LogP contribution in [0.4, 0.5) is 0 Å². The fourth-order valence-corrected chi connectivity index (χ4v) is 2.29. The SMILES string of the molecule is CCC1(CO)CC=CCC1(C)CO. The smallest absolute Gasteiger partial charge is 0.0496 e. The van der Waals surface area contributed by atoms with Crippen LogP contribution in [-0.2, 0) is 0 Å². The first-order valence-electron chi connectivity index (χ1n) is 5.01. The summed E-state index contributed by atoms with van der Waals surface area (Å²) in [5.41, 5.74) is -0.262. The minimum absolute atomic E-state index is 0.115. The van der Waals surface area contributed by atoms with Crippen molar-refractivity contribution in [2.24, 2.45) is 10.8 Å². The average molecular weight is 184 g/mol. The third kappa shape index (κ3) is 1.53. The number of aliphatic hydroxyl groups is 2. The number of aliphatic hydroxyl groups excluding tert-OH is 2. The predicted molar refractivity (Wildman–Crippen MR) is 53.4 cm³/mol. The van der Waals surface area contributed by atoms with E-state index in [4.69, 9.17) is 0 Å². The summed E-state index contributed by atoms with van der Waals surface area (Å²) in [5, 5.41) is 18.9. The minimum atomic E-state index is -0.148. The zero-order chi connectivity index (χ0) is 9.95. The largest absolute Gasteiger partial charge is 0.396 e. The number of allylic oxidation sites excluding steroid dienone is 2. The van der Waals surface area contributed by atoms with Crippen LogP contribution in [0.5, 0.6) is 0 Å². The van der Waals surface area contributed by atoms with Crippen LogP contribution in [0, 0.1) is 10.8 Å². The van der Waals surface area contributed by atoms with Gasteiger partial charge in [-0.15, -0.1) is 0 Å². The molecule has 0 radical (unpaired) electrons. The van der Waals surface area contributed by atoms with Crippen molar-refractivity contribution < 1.29 is 10.2 Å². The second-order valence-electron chi connectivity index (χ2n) is 4.39.